The van der Waals surface area contributed by atoms with E-state index < -0.39 is 35.6 Å². The topological polar surface area (TPSA) is 121 Å². The number of rotatable bonds is 5. The third kappa shape index (κ3) is 5.20. The summed E-state index contributed by atoms with van der Waals surface area (Å²) in [6, 6.07) is 3.95. The van der Waals surface area contributed by atoms with Gasteiger partial charge < -0.3 is 25.5 Å². The number of aromatic nitrogens is 1. The largest absolute Gasteiger partial charge is 0.480 e. The molecule has 0 unspecified atom stereocenters. The predicted octanol–water partition coefficient (Wildman–Crippen LogP) is 2.19. The first-order valence-electron chi connectivity index (χ1n) is 7.83. The number of alkyl carbamates (subject to hydrolysis) is 1. The maximum atomic E-state index is 14.0. The lowest BCUT2D eigenvalue weighted by molar-refractivity contribution is -0.134. The van der Waals surface area contributed by atoms with Crippen LogP contribution in [0.15, 0.2) is 23.0 Å². The van der Waals surface area contributed by atoms with E-state index in [2.05, 4.69) is 15.6 Å². The Morgan fingerprint density at radius 2 is 1.96 bits per heavy atom. The number of ether oxygens (including phenoxy) is 1. The van der Waals surface area contributed by atoms with Crippen molar-refractivity contribution in [2.24, 2.45) is 0 Å². The van der Waals surface area contributed by atoms with Gasteiger partial charge in [-0.25, -0.2) is 9.18 Å². The molecule has 26 heavy (non-hydrogen) atoms. The molecule has 0 saturated carbocycles. The number of carboxylic acid groups (broad SMARTS) is 1. The van der Waals surface area contributed by atoms with Gasteiger partial charge in [0.2, 0.25) is 0 Å². The molecule has 0 spiro atoms. The standard InChI is InChI=1S/C17H20FN3O5/c1-17(2,3)26-16(25)20-7-10-4-9-5-13(19-8-14(22)23)12(18)6-11(9)15(24)21-10/h4-6,19H,7-8H2,1-3H3,(H,20,25)(H,21,24)(H,22,23). The Hall–Kier alpha value is -3.10. The number of H-pyrrole nitrogens is 1. The minimum atomic E-state index is -1.14. The van der Waals surface area contributed by atoms with Crippen molar-refractivity contribution in [2.75, 3.05) is 11.9 Å². The van der Waals surface area contributed by atoms with Gasteiger partial charge in [-0.3, -0.25) is 9.59 Å². The summed E-state index contributed by atoms with van der Waals surface area (Å²) in [6.07, 6.45) is -0.638. The molecule has 2 aromatic rings. The number of nitrogens with one attached hydrogen (secondary N) is 3. The number of carbonyl (C=O) groups is 2. The number of carbonyl (C=O) groups excluding carboxylic acids is 1. The lowest BCUT2D eigenvalue weighted by Gasteiger charge is -2.19. The van der Waals surface area contributed by atoms with Gasteiger partial charge in [-0.2, -0.15) is 0 Å². The summed E-state index contributed by atoms with van der Waals surface area (Å²) in [5, 5.41) is 14.2. The minimum absolute atomic E-state index is 0.00928. The van der Waals surface area contributed by atoms with E-state index in [1.54, 1.807) is 26.8 Å². The summed E-state index contributed by atoms with van der Waals surface area (Å²) in [5.41, 5.74) is -0.809. The first-order chi connectivity index (χ1) is 12.0. The van der Waals surface area contributed by atoms with Crippen molar-refractivity contribution in [1.29, 1.82) is 0 Å². The minimum Gasteiger partial charge on any atom is -0.480 e. The van der Waals surface area contributed by atoms with Crippen molar-refractivity contribution >= 4 is 28.5 Å². The number of benzene rings is 1. The van der Waals surface area contributed by atoms with Crippen LogP contribution in [0.5, 0.6) is 0 Å². The molecular weight excluding hydrogens is 345 g/mol. The van der Waals surface area contributed by atoms with Crippen LogP contribution < -0.4 is 16.2 Å². The Bertz CT molecular complexity index is 902. The number of aromatic amines is 1. The molecule has 0 aliphatic heterocycles. The van der Waals surface area contributed by atoms with Crippen LogP contribution in [0.25, 0.3) is 10.8 Å². The Morgan fingerprint density at radius 1 is 1.27 bits per heavy atom. The maximum Gasteiger partial charge on any atom is 0.407 e. The molecule has 0 fully saturated rings. The molecule has 4 N–H and O–H groups in total. The average Bonchev–Trinajstić information content (AvgIpc) is 2.50. The number of hydrogen-bond acceptors (Lipinski definition) is 5. The van der Waals surface area contributed by atoms with Crippen LogP contribution >= 0.6 is 0 Å². The molecule has 0 atom stereocenters. The number of amides is 1. The Labute approximate surface area is 148 Å². The molecule has 1 heterocycles. The molecule has 1 aromatic carbocycles. The van der Waals surface area contributed by atoms with E-state index in [0.717, 1.165) is 6.07 Å². The Morgan fingerprint density at radius 3 is 2.58 bits per heavy atom. The number of pyridine rings is 1. The highest BCUT2D eigenvalue weighted by molar-refractivity contribution is 5.86. The Kier molecular flexibility index (Phi) is 5.49. The summed E-state index contributed by atoms with van der Waals surface area (Å²) >= 11 is 0. The number of anilines is 1. The van der Waals surface area contributed by atoms with Crippen molar-refractivity contribution in [1.82, 2.24) is 10.3 Å². The highest BCUT2D eigenvalue weighted by Crippen LogP contribution is 2.21. The molecule has 0 radical (unpaired) electrons. The fraction of sp³-hybridized carbons (Fsp3) is 0.353. The summed E-state index contributed by atoms with van der Waals surface area (Å²) in [4.78, 5) is 37.0. The fourth-order valence-electron chi connectivity index (χ4n) is 2.23. The zero-order chi connectivity index (χ0) is 19.5. The van der Waals surface area contributed by atoms with Crippen LogP contribution in [0.2, 0.25) is 0 Å². The normalized spacial score (nSPS) is 11.2. The lowest BCUT2D eigenvalue weighted by Crippen LogP contribution is -2.32. The number of carboxylic acids is 1. The number of fused-ring (bicyclic) bond motifs is 1. The molecule has 140 valence electrons. The van der Waals surface area contributed by atoms with E-state index >= 15 is 0 Å². The summed E-state index contributed by atoms with van der Waals surface area (Å²) in [7, 11) is 0. The van der Waals surface area contributed by atoms with Crippen LogP contribution in [0.4, 0.5) is 14.9 Å². The lowest BCUT2D eigenvalue weighted by atomic mass is 10.1. The van der Waals surface area contributed by atoms with Crippen molar-refractivity contribution in [3.8, 4) is 0 Å². The average molecular weight is 365 g/mol. The van der Waals surface area contributed by atoms with Gasteiger partial charge in [-0.1, -0.05) is 0 Å². The van der Waals surface area contributed by atoms with Crippen LogP contribution in [-0.4, -0.2) is 34.3 Å². The second-order valence-electron chi connectivity index (χ2n) is 6.65. The molecule has 1 aromatic heterocycles. The van der Waals surface area contributed by atoms with E-state index in [1.807, 2.05) is 0 Å². The molecule has 9 heteroatoms. The second kappa shape index (κ2) is 7.42. The highest BCUT2D eigenvalue weighted by Gasteiger charge is 2.16. The third-order valence-corrected chi connectivity index (χ3v) is 3.24. The van der Waals surface area contributed by atoms with Crippen LogP contribution in [0.3, 0.4) is 0 Å². The fourth-order valence-corrected chi connectivity index (χ4v) is 2.23. The first kappa shape index (κ1) is 19.2. The van der Waals surface area contributed by atoms with Gasteiger partial charge in [0.15, 0.2) is 0 Å². The predicted molar refractivity (Wildman–Crippen MR) is 93.7 cm³/mol. The summed E-state index contributed by atoms with van der Waals surface area (Å²) < 4.78 is 19.1. The molecular formula is C17H20FN3O5. The van der Waals surface area contributed by atoms with Gasteiger partial charge in [0.1, 0.15) is 18.0 Å². The molecule has 0 aliphatic rings. The van der Waals surface area contributed by atoms with Gasteiger partial charge >= 0.3 is 12.1 Å². The van der Waals surface area contributed by atoms with E-state index in [0.29, 0.717) is 11.1 Å². The third-order valence-electron chi connectivity index (χ3n) is 3.24. The van der Waals surface area contributed by atoms with Crippen molar-refractivity contribution < 1.29 is 23.8 Å². The van der Waals surface area contributed by atoms with E-state index in [9.17, 15) is 18.8 Å². The number of hydrogen-bond donors (Lipinski definition) is 4. The molecule has 2 rings (SSSR count). The summed E-state index contributed by atoms with van der Waals surface area (Å²) in [6.45, 7) is 4.73. The molecule has 1 amide bonds. The molecule has 0 bridgehead atoms. The number of halogens is 1. The Balaban J connectivity index is 2.24. The first-order valence-corrected chi connectivity index (χ1v) is 7.83. The van der Waals surface area contributed by atoms with Crippen LogP contribution in [0, 0.1) is 5.82 Å². The van der Waals surface area contributed by atoms with Crippen LogP contribution in [-0.2, 0) is 16.1 Å². The molecule has 0 aliphatic carbocycles. The summed E-state index contributed by atoms with van der Waals surface area (Å²) in [5.74, 6) is -1.87. The molecule has 8 nitrogen and oxygen atoms in total. The van der Waals surface area contributed by atoms with Crippen LogP contribution in [0.1, 0.15) is 26.5 Å². The van der Waals surface area contributed by atoms with Crippen molar-refractivity contribution in [3.63, 3.8) is 0 Å². The van der Waals surface area contributed by atoms with E-state index in [-0.39, 0.29) is 17.6 Å². The second-order valence-corrected chi connectivity index (χ2v) is 6.65. The van der Waals surface area contributed by atoms with E-state index in [4.69, 9.17) is 9.84 Å². The van der Waals surface area contributed by atoms with Gasteiger partial charge in [0, 0.05) is 5.69 Å². The molecule has 0 saturated heterocycles. The SMILES string of the molecule is CC(C)(C)OC(=O)NCc1cc2cc(NCC(=O)O)c(F)cc2c(=O)[nH]1. The quantitative estimate of drug-likeness (QED) is 0.645. The van der Waals surface area contributed by atoms with Gasteiger partial charge in [-0.15, -0.1) is 0 Å². The van der Waals surface area contributed by atoms with Gasteiger partial charge in [0.05, 0.1) is 17.6 Å². The monoisotopic (exact) mass is 365 g/mol. The maximum absolute atomic E-state index is 14.0. The smallest absolute Gasteiger partial charge is 0.407 e. The van der Waals surface area contributed by atoms with Gasteiger partial charge in [0.25, 0.3) is 5.56 Å². The van der Waals surface area contributed by atoms with Gasteiger partial charge in [-0.05, 0) is 44.4 Å². The van der Waals surface area contributed by atoms with Crippen molar-refractivity contribution in [3.05, 3.63) is 40.1 Å². The zero-order valence-corrected chi connectivity index (χ0v) is 14.6. The number of aliphatic carboxylic acids is 1. The highest BCUT2D eigenvalue weighted by atomic mass is 19.1. The van der Waals surface area contributed by atoms with E-state index in [1.165, 1.54) is 6.07 Å². The van der Waals surface area contributed by atoms with Crippen molar-refractivity contribution in [2.45, 2.75) is 32.9 Å². The zero-order valence-electron chi connectivity index (χ0n) is 14.6.